The van der Waals surface area contributed by atoms with Crippen LogP contribution in [0.15, 0.2) is 54.7 Å². The molecule has 2 atom stereocenters. The quantitative estimate of drug-likeness (QED) is 0.401. The summed E-state index contributed by atoms with van der Waals surface area (Å²) in [5, 5.41) is 2.74. The van der Waals surface area contributed by atoms with Crippen LogP contribution in [-0.4, -0.2) is 53.8 Å². The van der Waals surface area contributed by atoms with E-state index in [1.54, 1.807) is 37.3 Å². The lowest BCUT2D eigenvalue weighted by atomic mass is 9.84. The molecule has 1 aromatic heterocycles. The first-order chi connectivity index (χ1) is 17.5. The second-order valence-corrected chi connectivity index (χ2v) is 10.3. The number of ether oxygens (including phenoxy) is 1. The Hall–Kier alpha value is -3.30. The predicted octanol–water partition coefficient (Wildman–Crippen LogP) is 4.97. The zero-order chi connectivity index (χ0) is 27.2. The summed E-state index contributed by atoms with van der Waals surface area (Å²) in [4.78, 5) is 19.9. The molecule has 9 heteroatoms. The number of aromatic nitrogens is 2. The molecule has 3 rings (SSSR count). The molecule has 7 nitrogen and oxygen atoms in total. The first-order valence-electron chi connectivity index (χ1n) is 12.3. The van der Waals surface area contributed by atoms with Crippen molar-refractivity contribution in [2.45, 2.75) is 45.8 Å². The lowest BCUT2D eigenvalue weighted by Crippen LogP contribution is -2.48. The molecule has 0 aliphatic rings. The van der Waals surface area contributed by atoms with Gasteiger partial charge >= 0.3 is 6.03 Å². The van der Waals surface area contributed by atoms with Gasteiger partial charge in [0.2, 0.25) is 0 Å². The maximum Gasteiger partial charge on any atom is 0.317 e. The minimum absolute atomic E-state index is 0.243. The van der Waals surface area contributed by atoms with E-state index in [0.717, 1.165) is 5.56 Å². The summed E-state index contributed by atoms with van der Waals surface area (Å²) in [6, 6.07) is 11.6. The molecule has 0 saturated carbocycles. The largest absolute Gasteiger partial charge is 0.383 e. The standard InChI is InChI=1S/C28H37F2N5O2/c1-28(2,3)25(35(27(36)32-4)13-12-23(31)18-37-5)26-33-24(20-9-7-11-22(30)15-20)17-34(26)16-19-8-6-10-21(29)14-19/h6-11,14-15,17,23,25H,12-13,16,18,31H2,1-5H3,(H,32,36). The fraction of sp³-hybridized carbons (Fsp3) is 0.429. The van der Waals surface area contributed by atoms with Crippen molar-refractivity contribution in [2.75, 3.05) is 27.3 Å². The molecule has 1 heterocycles. The van der Waals surface area contributed by atoms with E-state index in [4.69, 9.17) is 15.5 Å². The molecular formula is C28H37F2N5O2. The van der Waals surface area contributed by atoms with Gasteiger partial charge in [0.05, 0.1) is 18.3 Å². The number of hydrogen-bond acceptors (Lipinski definition) is 4. The Morgan fingerprint density at radius 1 is 1.16 bits per heavy atom. The van der Waals surface area contributed by atoms with Gasteiger partial charge in [0.15, 0.2) is 0 Å². The van der Waals surface area contributed by atoms with Gasteiger partial charge < -0.3 is 25.3 Å². The molecule has 2 unspecified atom stereocenters. The number of nitrogens with two attached hydrogens (primary N) is 1. The van der Waals surface area contributed by atoms with Crippen molar-refractivity contribution in [1.29, 1.82) is 0 Å². The highest BCUT2D eigenvalue weighted by Crippen LogP contribution is 2.39. The molecular weight excluding hydrogens is 476 g/mol. The summed E-state index contributed by atoms with van der Waals surface area (Å²) in [7, 11) is 3.17. The van der Waals surface area contributed by atoms with Gasteiger partial charge in [-0.2, -0.15) is 0 Å². The predicted molar refractivity (Wildman–Crippen MR) is 141 cm³/mol. The summed E-state index contributed by atoms with van der Waals surface area (Å²) in [5.74, 6) is -0.0961. The highest BCUT2D eigenvalue weighted by molar-refractivity contribution is 5.74. The fourth-order valence-electron chi connectivity index (χ4n) is 4.48. The summed E-state index contributed by atoms with van der Waals surface area (Å²) in [5.41, 5.74) is 7.66. The van der Waals surface area contributed by atoms with E-state index in [1.165, 1.54) is 24.3 Å². The summed E-state index contributed by atoms with van der Waals surface area (Å²) in [6.07, 6.45) is 2.35. The summed E-state index contributed by atoms with van der Waals surface area (Å²) in [6.45, 7) is 7.17. The molecule has 0 spiro atoms. The Morgan fingerprint density at radius 2 is 1.84 bits per heavy atom. The average molecular weight is 514 g/mol. The van der Waals surface area contributed by atoms with Crippen LogP contribution < -0.4 is 11.1 Å². The Kier molecular flexibility index (Phi) is 9.39. The zero-order valence-corrected chi connectivity index (χ0v) is 22.2. The number of benzene rings is 2. The van der Waals surface area contributed by atoms with E-state index in [2.05, 4.69) is 5.32 Å². The van der Waals surface area contributed by atoms with Crippen LogP contribution in [-0.2, 0) is 11.3 Å². The second-order valence-electron chi connectivity index (χ2n) is 10.3. The maximum atomic E-state index is 14.1. The third-order valence-electron chi connectivity index (χ3n) is 6.14. The van der Waals surface area contributed by atoms with Crippen LogP contribution in [0.4, 0.5) is 13.6 Å². The van der Waals surface area contributed by atoms with Crippen LogP contribution in [0.3, 0.4) is 0 Å². The van der Waals surface area contributed by atoms with Crippen LogP contribution in [0.25, 0.3) is 11.3 Å². The van der Waals surface area contributed by atoms with Crippen molar-refractivity contribution >= 4 is 6.03 Å². The van der Waals surface area contributed by atoms with Gasteiger partial charge in [0.25, 0.3) is 0 Å². The van der Waals surface area contributed by atoms with Crippen LogP contribution in [0.1, 0.15) is 44.6 Å². The number of nitrogens with zero attached hydrogens (tertiary/aromatic N) is 3. The first-order valence-corrected chi connectivity index (χ1v) is 12.3. The number of hydrogen-bond donors (Lipinski definition) is 2. The summed E-state index contributed by atoms with van der Waals surface area (Å²) < 4.78 is 35.1. The van der Waals surface area contributed by atoms with Crippen molar-refractivity contribution < 1.29 is 18.3 Å². The van der Waals surface area contributed by atoms with Crippen molar-refractivity contribution in [1.82, 2.24) is 19.8 Å². The Balaban J connectivity index is 2.14. The smallest absolute Gasteiger partial charge is 0.317 e. The van der Waals surface area contributed by atoms with E-state index in [1.807, 2.05) is 37.6 Å². The number of carbonyl (C=O) groups is 1. The van der Waals surface area contributed by atoms with Gasteiger partial charge in [-0.25, -0.2) is 18.6 Å². The Labute approximate surface area is 217 Å². The molecule has 0 aliphatic heterocycles. The SMILES string of the molecule is CNC(=O)N(CCC(N)COC)C(c1nc(-c2cccc(F)c2)cn1Cc1cccc(F)c1)C(C)(C)C. The normalized spacial score (nSPS) is 13.3. The van der Waals surface area contributed by atoms with E-state index >= 15 is 0 Å². The number of halogens is 2. The van der Waals surface area contributed by atoms with Crippen molar-refractivity contribution in [3.63, 3.8) is 0 Å². The molecule has 0 radical (unpaired) electrons. The van der Waals surface area contributed by atoms with Crippen LogP contribution in [0.2, 0.25) is 0 Å². The number of carbonyl (C=O) groups excluding carboxylic acids is 1. The van der Waals surface area contributed by atoms with E-state index < -0.39 is 11.5 Å². The van der Waals surface area contributed by atoms with Crippen LogP contribution in [0.5, 0.6) is 0 Å². The second kappa shape index (κ2) is 12.3. The summed E-state index contributed by atoms with van der Waals surface area (Å²) >= 11 is 0. The van der Waals surface area contributed by atoms with Gasteiger partial charge in [-0.05, 0) is 41.7 Å². The van der Waals surface area contributed by atoms with Crippen molar-refractivity contribution in [3.05, 3.63) is 77.8 Å². The maximum absolute atomic E-state index is 14.1. The van der Waals surface area contributed by atoms with Gasteiger partial charge in [0.1, 0.15) is 17.5 Å². The average Bonchev–Trinajstić information content (AvgIpc) is 3.23. The number of urea groups is 1. The number of methoxy groups -OCH3 is 1. The first kappa shape index (κ1) is 28.3. The van der Waals surface area contributed by atoms with Gasteiger partial charge in [-0.3, -0.25) is 0 Å². The molecule has 2 amide bonds. The molecule has 0 bridgehead atoms. The topological polar surface area (TPSA) is 85.4 Å². The highest BCUT2D eigenvalue weighted by atomic mass is 19.1. The highest BCUT2D eigenvalue weighted by Gasteiger charge is 2.38. The van der Waals surface area contributed by atoms with E-state index in [9.17, 15) is 13.6 Å². The monoisotopic (exact) mass is 513 g/mol. The molecule has 0 aliphatic carbocycles. The van der Waals surface area contributed by atoms with Crippen LogP contribution in [0, 0.1) is 17.0 Å². The lowest BCUT2D eigenvalue weighted by molar-refractivity contribution is 0.102. The minimum atomic E-state index is -0.474. The molecule has 3 N–H and O–H groups in total. The Morgan fingerprint density at radius 3 is 2.43 bits per heavy atom. The third kappa shape index (κ3) is 7.36. The fourth-order valence-corrected chi connectivity index (χ4v) is 4.48. The number of rotatable bonds is 10. The molecule has 200 valence electrons. The number of amides is 2. The molecule has 37 heavy (non-hydrogen) atoms. The number of nitrogens with one attached hydrogen (secondary N) is 1. The molecule has 0 fully saturated rings. The van der Waals surface area contributed by atoms with Crippen molar-refractivity contribution in [2.24, 2.45) is 11.1 Å². The van der Waals surface area contributed by atoms with E-state index in [0.29, 0.717) is 43.2 Å². The van der Waals surface area contributed by atoms with Gasteiger partial charge in [-0.1, -0.05) is 45.0 Å². The molecule has 0 saturated heterocycles. The van der Waals surface area contributed by atoms with E-state index in [-0.39, 0.29) is 23.7 Å². The van der Waals surface area contributed by atoms with Crippen molar-refractivity contribution in [3.8, 4) is 11.3 Å². The zero-order valence-electron chi connectivity index (χ0n) is 22.2. The number of imidazole rings is 1. The van der Waals surface area contributed by atoms with Gasteiger partial charge in [0, 0.05) is 45.0 Å². The van der Waals surface area contributed by atoms with Gasteiger partial charge in [-0.15, -0.1) is 0 Å². The van der Waals surface area contributed by atoms with Crippen LogP contribution >= 0.6 is 0 Å². The lowest BCUT2D eigenvalue weighted by Gasteiger charge is -2.40. The third-order valence-corrected chi connectivity index (χ3v) is 6.14. The molecule has 3 aromatic rings. The molecule has 2 aromatic carbocycles. The Bertz CT molecular complexity index is 1190. The minimum Gasteiger partial charge on any atom is -0.383 e.